The number of hydrogen-bond acceptors (Lipinski definition) is 6. The zero-order chi connectivity index (χ0) is 19.1. The second kappa shape index (κ2) is 6.91. The molecular weight excluding hydrogens is 348 g/mol. The lowest BCUT2D eigenvalue weighted by Crippen LogP contribution is -2.42. The van der Waals surface area contributed by atoms with Crippen LogP contribution in [0.25, 0.3) is 0 Å². The topological polar surface area (TPSA) is 71.1 Å². The molecule has 4 rings (SSSR count). The van der Waals surface area contributed by atoms with E-state index in [1.165, 1.54) is 19.8 Å². The van der Waals surface area contributed by atoms with Gasteiger partial charge in [-0.05, 0) is 24.3 Å². The van der Waals surface area contributed by atoms with Crippen LogP contribution in [0.1, 0.15) is 37.2 Å². The van der Waals surface area contributed by atoms with Crippen molar-refractivity contribution in [1.82, 2.24) is 0 Å². The van der Waals surface area contributed by atoms with Crippen LogP contribution in [0, 0.1) is 17.3 Å². The number of carbonyl (C=O) groups is 2. The first-order valence-electron chi connectivity index (χ1n) is 9.57. The standard InChI is InChI=1S/C21H26O6/c1-24-18(22)21(19(23)25-2)16-12-26-20(27-13-17(16)21)10-8-15(9-11-20)14-6-4-3-5-7-14/h3-7,15-17H,8-13H2,1-2H3. The van der Waals surface area contributed by atoms with Crippen molar-refractivity contribution >= 4 is 11.9 Å². The maximum Gasteiger partial charge on any atom is 0.324 e. The molecule has 2 unspecified atom stereocenters. The Morgan fingerprint density at radius 2 is 1.44 bits per heavy atom. The molecule has 1 aromatic rings. The molecule has 6 heteroatoms. The first-order chi connectivity index (χ1) is 13.1. The summed E-state index contributed by atoms with van der Waals surface area (Å²) in [6.07, 6.45) is 3.63. The smallest absolute Gasteiger partial charge is 0.324 e. The lowest BCUT2D eigenvalue weighted by molar-refractivity contribution is -0.251. The summed E-state index contributed by atoms with van der Waals surface area (Å²) in [6.45, 7) is 0.621. The summed E-state index contributed by atoms with van der Waals surface area (Å²) in [5.41, 5.74) is 0.0889. The fourth-order valence-corrected chi connectivity index (χ4v) is 4.99. The Labute approximate surface area is 159 Å². The van der Waals surface area contributed by atoms with Crippen molar-refractivity contribution in [3.63, 3.8) is 0 Å². The average molecular weight is 374 g/mol. The van der Waals surface area contributed by atoms with Crippen LogP contribution in [0.4, 0.5) is 0 Å². The number of fused-ring (bicyclic) bond motifs is 1. The van der Waals surface area contributed by atoms with E-state index in [1.807, 2.05) is 6.07 Å². The van der Waals surface area contributed by atoms with Crippen LogP contribution in [0.15, 0.2) is 30.3 Å². The minimum absolute atomic E-state index is 0.247. The van der Waals surface area contributed by atoms with Crippen molar-refractivity contribution in [3.05, 3.63) is 35.9 Å². The van der Waals surface area contributed by atoms with E-state index in [1.54, 1.807) is 0 Å². The van der Waals surface area contributed by atoms with Crippen molar-refractivity contribution in [2.45, 2.75) is 37.4 Å². The van der Waals surface area contributed by atoms with E-state index in [9.17, 15) is 9.59 Å². The Morgan fingerprint density at radius 3 is 1.93 bits per heavy atom. The van der Waals surface area contributed by atoms with E-state index in [-0.39, 0.29) is 11.8 Å². The number of ether oxygens (including phenoxy) is 4. The Kier molecular flexibility index (Phi) is 4.72. The summed E-state index contributed by atoms with van der Waals surface area (Å²) in [5, 5.41) is 0. The molecule has 1 aliphatic heterocycles. The zero-order valence-electron chi connectivity index (χ0n) is 15.8. The fraction of sp³-hybridized carbons (Fsp3) is 0.619. The maximum atomic E-state index is 12.3. The van der Waals surface area contributed by atoms with Crippen molar-refractivity contribution in [2.24, 2.45) is 17.3 Å². The molecule has 0 aromatic heterocycles. The molecule has 1 heterocycles. The highest BCUT2D eigenvalue weighted by molar-refractivity contribution is 6.04. The lowest BCUT2D eigenvalue weighted by atomic mass is 9.81. The summed E-state index contributed by atoms with van der Waals surface area (Å²) in [7, 11) is 2.58. The molecule has 6 nitrogen and oxygen atoms in total. The summed E-state index contributed by atoms with van der Waals surface area (Å²) in [4.78, 5) is 24.6. The van der Waals surface area contributed by atoms with Gasteiger partial charge in [-0.2, -0.15) is 0 Å². The predicted octanol–water partition coefficient (Wildman–Crippen LogP) is 2.67. The quantitative estimate of drug-likeness (QED) is 0.598. The zero-order valence-corrected chi connectivity index (χ0v) is 15.8. The van der Waals surface area contributed by atoms with Crippen molar-refractivity contribution in [3.8, 4) is 0 Å². The molecular formula is C21H26O6. The summed E-state index contributed by atoms with van der Waals surface area (Å²) >= 11 is 0. The third-order valence-corrected chi connectivity index (χ3v) is 6.66. The van der Waals surface area contributed by atoms with Gasteiger partial charge in [0.05, 0.1) is 27.4 Å². The lowest BCUT2D eigenvalue weighted by Gasteiger charge is -2.39. The Morgan fingerprint density at radius 1 is 0.926 bits per heavy atom. The molecule has 2 atom stereocenters. The molecule has 1 saturated heterocycles. The van der Waals surface area contributed by atoms with E-state index in [2.05, 4.69) is 24.3 Å². The molecule has 1 spiro atoms. The highest BCUT2D eigenvalue weighted by atomic mass is 16.7. The SMILES string of the molecule is COC(=O)C1(C(=O)OC)C2COC3(CCC(c4ccccc4)CC3)OCC21. The number of methoxy groups -OCH3 is 2. The van der Waals surface area contributed by atoms with Gasteiger partial charge in [0.25, 0.3) is 0 Å². The molecule has 1 aromatic carbocycles. The minimum Gasteiger partial charge on any atom is -0.468 e. The number of carbonyl (C=O) groups excluding carboxylic acids is 2. The van der Waals surface area contributed by atoms with Gasteiger partial charge < -0.3 is 18.9 Å². The largest absolute Gasteiger partial charge is 0.468 e. The predicted molar refractivity (Wildman–Crippen MR) is 95.7 cm³/mol. The van der Waals surface area contributed by atoms with Crippen LogP contribution in [-0.2, 0) is 28.5 Å². The highest BCUT2D eigenvalue weighted by Gasteiger charge is 2.77. The Bertz CT molecular complexity index is 673. The number of benzene rings is 1. The second-order valence-electron chi connectivity index (χ2n) is 7.78. The van der Waals surface area contributed by atoms with E-state index in [0.717, 1.165) is 25.7 Å². The van der Waals surface area contributed by atoms with E-state index in [4.69, 9.17) is 18.9 Å². The van der Waals surface area contributed by atoms with Gasteiger partial charge in [0.1, 0.15) is 0 Å². The van der Waals surface area contributed by atoms with Crippen LogP contribution < -0.4 is 0 Å². The van der Waals surface area contributed by atoms with E-state index < -0.39 is 23.1 Å². The average Bonchev–Trinajstić information content (AvgIpc) is 3.42. The Hall–Kier alpha value is -1.92. The van der Waals surface area contributed by atoms with Crippen LogP contribution in [0.2, 0.25) is 0 Å². The number of hydrogen-bond donors (Lipinski definition) is 0. The van der Waals surface area contributed by atoms with Crippen molar-refractivity contribution < 1.29 is 28.5 Å². The molecule has 3 fully saturated rings. The molecule has 2 saturated carbocycles. The summed E-state index contributed by atoms with van der Waals surface area (Å²) < 4.78 is 22.1. The normalized spacial score (nSPS) is 34.2. The second-order valence-corrected chi connectivity index (χ2v) is 7.78. The van der Waals surface area contributed by atoms with Gasteiger partial charge in [0, 0.05) is 24.7 Å². The van der Waals surface area contributed by atoms with Crippen molar-refractivity contribution in [2.75, 3.05) is 27.4 Å². The van der Waals surface area contributed by atoms with Crippen LogP contribution in [0.5, 0.6) is 0 Å². The van der Waals surface area contributed by atoms with Crippen molar-refractivity contribution in [1.29, 1.82) is 0 Å². The van der Waals surface area contributed by atoms with Gasteiger partial charge in [-0.25, -0.2) is 0 Å². The van der Waals surface area contributed by atoms with Gasteiger partial charge in [0.2, 0.25) is 0 Å². The van der Waals surface area contributed by atoms with Gasteiger partial charge in [-0.1, -0.05) is 30.3 Å². The van der Waals surface area contributed by atoms with Crippen LogP contribution >= 0.6 is 0 Å². The van der Waals surface area contributed by atoms with Gasteiger partial charge in [-0.15, -0.1) is 0 Å². The summed E-state index contributed by atoms with van der Waals surface area (Å²) in [6, 6.07) is 10.5. The van der Waals surface area contributed by atoms with Crippen LogP contribution in [0.3, 0.4) is 0 Å². The molecule has 2 aliphatic carbocycles. The molecule has 27 heavy (non-hydrogen) atoms. The molecule has 0 bridgehead atoms. The number of esters is 2. The molecule has 3 aliphatic rings. The Balaban J connectivity index is 1.42. The molecule has 146 valence electrons. The first-order valence-corrected chi connectivity index (χ1v) is 9.57. The van der Waals surface area contributed by atoms with Gasteiger partial charge in [0.15, 0.2) is 11.2 Å². The summed E-state index contributed by atoms with van der Waals surface area (Å²) in [5.74, 6) is -1.68. The van der Waals surface area contributed by atoms with Crippen LogP contribution in [-0.4, -0.2) is 45.2 Å². The number of rotatable bonds is 3. The third-order valence-electron chi connectivity index (χ3n) is 6.66. The van der Waals surface area contributed by atoms with Gasteiger partial charge in [-0.3, -0.25) is 9.59 Å². The fourth-order valence-electron chi connectivity index (χ4n) is 4.99. The monoisotopic (exact) mass is 374 g/mol. The van der Waals surface area contributed by atoms with E-state index in [0.29, 0.717) is 19.1 Å². The molecule has 0 radical (unpaired) electrons. The third kappa shape index (κ3) is 2.86. The van der Waals surface area contributed by atoms with Gasteiger partial charge >= 0.3 is 11.9 Å². The highest BCUT2D eigenvalue weighted by Crippen LogP contribution is 2.62. The van der Waals surface area contributed by atoms with E-state index >= 15 is 0 Å². The molecule has 0 N–H and O–H groups in total. The first kappa shape index (κ1) is 18.4. The molecule has 0 amide bonds. The maximum absolute atomic E-state index is 12.3. The minimum atomic E-state index is -1.27.